The molecule has 0 aromatic carbocycles. The summed E-state index contributed by atoms with van der Waals surface area (Å²) in [4.78, 5) is 10.4. The molecule has 2 rings (SSSR count). The zero-order valence-electron chi connectivity index (χ0n) is 10.7. The van der Waals surface area contributed by atoms with Crippen molar-refractivity contribution < 1.29 is 0 Å². The number of nitrogens with two attached hydrogens (primary N) is 1. The van der Waals surface area contributed by atoms with Gasteiger partial charge in [-0.1, -0.05) is 18.5 Å². The maximum Gasteiger partial charge on any atom is 0.150 e. The van der Waals surface area contributed by atoms with Crippen molar-refractivity contribution >= 4 is 23.2 Å². The van der Waals surface area contributed by atoms with Crippen LogP contribution in [0.5, 0.6) is 0 Å². The van der Waals surface area contributed by atoms with Crippen molar-refractivity contribution in [2.24, 2.45) is 5.92 Å². The van der Waals surface area contributed by atoms with E-state index < -0.39 is 0 Å². The van der Waals surface area contributed by atoms with Crippen LogP contribution in [0.25, 0.3) is 0 Å². The monoisotopic (exact) mass is 269 g/mol. The average molecular weight is 270 g/mol. The summed E-state index contributed by atoms with van der Waals surface area (Å²) in [5, 5.41) is 3.65. The van der Waals surface area contributed by atoms with E-state index in [0.29, 0.717) is 22.6 Å². The van der Waals surface area contributed by atoms with Crippen LogP contribution in [0.1, 0.15) is 19.8 Å². The first-order valence-electron chi connectivity index (χ1n) is 6.39. The highest BCUT2D eigenvalue weighted by molar-refractivity contribution is 6.35. The van der Waals surface area contributed by atoms with Gasteiger partial charge >= 0.3 is 0 Å². The highest BCUT2D eigenvalue weighted by Gasteiger charge is 2.15. The number of nitrogens with zero attached hydrogens (tertiary/aromatic N) is 3. The number of rotatable bonds is 5. The number of aromatic nitrogens is 2. The third kappa shape index (κ3) is 3.46. The Bertz CT molecular complexity index is 392. The molecule has 100 valence electrons. The van der Waals surface area contributed by atoms with Gasteiger partial charge in [0.15, 0.2) is 0 Å². The molecule has 1 atom stereocenters. The second-order valence-corrected chi connectivity index (χ2v) is 5.29. The molecular weight excluding hydrogens is 250 g/mol. The topological polar surface area (TPSA) is 67.1 Å². The lowest BCUT2D eigenvalue weighted by atomic mass is 10.1. The number of nitrogens with one attached hydrogen (secondary N) is 1. The summed E-state index contributed by atoms with van der Waals surface area (Å²) in [5.41, 5.74) is 5.63. The summed E-state index contributed by atoms with van der Waals surface area (Å²) < 4.78 is 0. The summed E-state index contributed by atoms with van der Waals surface area (Å²) in [6, 6.07) is 0. The van der Waals surface area contributed by atoms with E-state index in [9.17, 15) is 0 Å². The summed E-state index contributed by atoms with van der Waals surface area (Å²) in [6.07, 6.45) is 4.08. The summed E-state index contributed by atoms with van der Waals surface area (Å²) >= 11 is 6.02. The van der Waals surface area contributed by atoms with Crippen LogP contribution in [0.2, 0.25) is 5.02 Å². The van der Waals surface area contributed by atoms with E-state index in [4.69, 9.17) is 17.3 Å². The van der Waals surface area contributed by atoms with Crippen LogP contribution in [0.15, 0.2) is 6.33 Å². The largest absolute Gasteiger partial charge is 0.382 e. The van der Waals surface area contributed by atoms with Crippen molar-refractivity contribution in [2.45, 2.75) is 19.8 Å². The fraction of sp³-hybridized carbons (Fsp3) is 0.667. The Balaban J connectivity index is 1.81. The highest BCUT2D eigenvalue weighted by Crippen LogP contribution is 2.23. The molecule has 0 radical (unpaired) electrons. The van der Waals surface area contributed by atoms with E-state index in [1.54, 1.807) is 0 Å². The Kier molecular flexibility index (Phi) is 4.60. The Morgan fingerprint density at radius 2 is 2.17 bits per heavy atom. The molecule has 5 nitrogen and oxygen atoms in total. The minimum atomic E-state index is 0.321. The lowest BCUT2D eigenvalue weighted by Crippen LogP contribution is -2.29. The highest BCUT2D eigenvalue weighted by atomic mass is 35.5. The quantitative estimate of drug-likeness (QED) is 0.854. The van der Waals surface area contributed by atoms with Gasteiger partial charge in [0.2, 0.25) is 0 Å². The Labute approximate surface area is 113 Å². The normalized spacial score (nSPS) is 17.9. The number of halogens is 1. The Morgan fingerprint density at radius 3 is 2.89 bits per heavy atom. The molecule has 1 aliphatic rings. The summed E-state index contributed by atoms with van der Waals surface area (Å²) in [5.74, 6) is 1.49. The van der Waals surface area contributed by atoms with Crippen molar-refractivity contribution in [3.8, 4) is 0 Å². The van der Waals surface area contributed by atoms with Crippen LogP contribution >= 0.6 is 11.6 Å². The van der Waals surface area contributed by atoms with E-state index in [1.165, 1.54) is 32.3 Å². The summed E-state index contributed by atoms with van der Waals surface area (Å²) in [6.45, 7) is 6.64. The maximum atomic E-state index is 6.02. The second-order valence-electron chi connectivity index (χ2n) is 4.92. The molecule has 1 saturated heterocycles. The first kappa shape index (κ1) is 13.4. The van der Waals surface area contributed by atoms with Crippen LogP contribution < -0.4 is 11.1 Å². The van der Waals surface area contributed by atoms with Crippen LogP contribution in [0.4, 0.5) is 11.6 Å². The van der Waals surface area contributed by atoms with Gasteiger partial charge in [-0.05, 0) is 31.8 Å². The third-order valence-electron chi connectivity index (χ3n) is 3.20. The zero-order chi connectivity index (χ0) is 13.0. The molecule has 3 N–H and O–H groups in total. The molecule has 1 aromatic rings. The molecule has 0 amide bonds. The van der Waals surface area contributed by atoms with E-state index >= 15 is 0 Å². The fourth-order valence-electron chi connectivity index (χ4n) is 2.25. The van der Waals surface area contributed by atoms with Gasteiger partial charge in [-0.15, -0.1) is 0 Å². The maximum absolute atomic E-state index is 6.02. The molecule has 1 fully saturated rings. The molecule has 2 heterocycles. The molecule has 1 aliphatic heterocycles. The Morgan fingerprint density at radius 1 is 1.44 bits per heavy atom. The van der Waals surface area contributed by atoms with E-state index in [-0.39, 0.29) is 0 Å². The van der Waals surface area contributed by atoms with Gasteiger partial charge in [0.25, 0.3) is 0 Å². The van der Waals surface area contributed by atoms with Crippen LogP contribution in [-0.4, -0.2) is 41.0 Å². The van der Waals surface area contributed by atoms with Crippen LogP contribution in [-0.2, 0) is 0 Å². The molecule has 0 bridgehead atoms. The average Bonchev–Trinajstić information content (AvgIpc) is 2.84. The molecule has 1 unspecified atom stereocenters. The SMILES string of the molecule is CC(CNc1ncnc(N)c1Cl)CN1CCCC1. The molecule has 0 spiro atoms. The van der Waals surface area contributed by atoms with Crippen molar-refractivity contribution in [3.05, 3.63) is 11.3 Å². The third-order valence-corrected chi connectivity index (χ3v) is 3.58. The number of likely N-dealkylation sites (tertiary alicyclic amines) is 1. The van der Waals surface area contributed by atoms with Gasteiger partial charge in [-0.2, -0.15) is 0 Å². The Hall–Kier alpha value is -1.07. The van der Waals surface area contributed by atoms with Crippen molar-refractivity contribution in [3.63, 3.8) is 0 Å². The van der Waals surface area contributed by atoms with E-state index in [2.05, 4.69) is 27.1 Å². The van der Waals surface area contributed by atoms with Crippen molar-refractivity contribution in [1.82, 2.24) is 14.9 Å². The van der Waals surface area contributed by atoms with Gasteiger partial charge < -0.3 is 16.0 Å². The molecule has 0 aliphatic carbocycles. The smallest absolute Gasteiger partial charge is 0.150 e. The van der Waals surface area contributed by atoms with E-state index in [0.717, 1.165) is 13.1 Å². The molecule has 0 saturated carbocycles. The fourth-order valence-corrected chi connectivity index (χ4v) is 2.41. The van der Waals surface area contributed by atoms with Gasteiger partial charge in [0.1, 0.15) is 23.0 Å². The second kappa shape index (κ2) is 6.20. The first-order valence-corrected chi connectivity index (χ1v) is 6.77. The van der Waals surface area contributed by atoms with Crippen molar-refractivity contribution in [1.29, 1.82) is 0 Å². The first-order chi connectivity index (χ1) is 8.66. The minimum absolute atomic E-state index is 0.321. The number of hydrogen-bond donors (Lipinski definition) is 2. The molecule has 18 heavy (non-hydrogen) atoms. The molecule has 1 aromatic heterocycles. The summed E-state index contributed by atoms with van der Waals surface area (Å²) in [7, 11) is 0. The van der Waals surface area contributed by atoms with Crippen LogP contribution in [0, 0.1) is 5.92 Å². The van der Waals surface area contributed by atoms with E-state index in [1.807, 2.05) is 0 Å². The molecule has 6 heteroatoms. The predicted octanol–water partition coefficient (Wildman–Crippen LogP) is 1.86. The molecular formula is C12H20ClN5. The number of anilines is 2. The van der Waals surface area contributed by atoms with Gasteiger partial charge in [0.05, 0.1) is 0 Å². The zero-order valence-corrected chi connectivity index (χ0v) is 11.5. The van der Waals surface area contributed by atoms with Gasteiger partial charge in [-0.3, -0.25) is 0 Å². The standard InChI is InChI=1S/C12H20ClN5/c1-9(7-18-4-2-3-5-18)6-15-12-10(13)11(14)16-8-17-12/h8-9H,2-7H2,1H3,(H3,14,15,16,17). The lowest BCUT2D eigenvalue weighted by Gasteiger charge is -2.20. The predicted molar refractivity (Wildman–Crippen MR) is 74.8 cm³/mol. The van der Waals surface area contributed by atoms with Gasteiger partial charge in [0, 0.05) is 13.1 Å². The van der Waals surface area contributed by atoms with Crippen LogP contribution in [0.3, 0.4) is 0 Å². The number of nitrogen functional groups attached to an aromatic ring is 1. The number of hydrogen-bond acceptors (Lipinski definition) is 5. The lowest BCUT2D eigenvalue weighted by molar-refractivity contribution is 0.294. The van der Waals surface area contributed by atoms with Gasteiger partial charge in [-0.25, -0.2) is 9.97 Å². The van der Waals surface area contributed by atoms with Crippen molar-refractivity contribution in [2.75, 3.05) is 37.2 Å². The minimum Gasteiger partial charge on any atom is -0.382 e.